The Hall–Kier alpha value is -2.88. The molecule has 0 saturated carbocycles. The minimum atomic E-state index is -0.405. The van der Waals surface area contributed by atoms with Crippen molar-refractivity contribution in [3.05, 3.63) is 70.9 Å². The van der Waals surface area contributed by atoms with E-state index in [2.05, 4.69) is 30.1 Å². The van der Waals surface area contributed by atoms with Crippen molar-refractivity contribution in [2.75, 3.05) is 7.11 Å². The number of hydrogen-bond donors (Lipinski definition) is 0. The Kier molecular flexibility index (Phi) is 4.75. The molecule has 1 aliphatic heterocycles. The van der Waals surface area contributed by atoms with E-state index < -0.39 is 5.97 Å². The summed E-state index contributed by atoms with van der Waals surface area (Å²) in [5, 5.41) is 0. The smallest absolute Gasteiger partial charge is 0.363 e. The number of hydrogen-bond acceptors (Lipinski definition) is 4. The van der Waals surface area contributed by atoms with Crippen molar-refractivity contribution in [3.63, 3.8) is 0 Å². The monoisotopic (exact) mass is 321 g/mol. The van der Waals surface area contributed by atoms with E-state index in [1.165, 1.54) is 11.1 Å². The third-order valence-corrected chi connectivity index (χ3v) is 3.77. The van der Waals surface area contributed by atoms with Crippen LogP contribution in [-0.4, -0.2) is 19.0 Å². The summed E-state index contributed by atoms with van der Waals surface area (Å²) in [6, 6.07) is 15.7. The predicted octanol–water partition coefficient (Wildman–Crippen LogP) is 3.93. The van der Waals surface area contributed by atoms with Crippen LogP contribution >= 0.6 is 0 Å². The summed E-state index contributed by atoms with van der Waals surface area (Å²) in [4.78, 5) is 16.3. The van der Waals surface area contributed by atoms with Crippen LogP contribution in [-0.2, 0) is 16.0 Å². The molecule has 0 saturated heterocycles. The van der Waals surface area contributed by atoms with Crippen LogP contribution in [0.5, 0.6) is 5.75 Å². The lowest BCUT2D eigenvalue weighted by atomic mass is 10.1. The highest BCUT2D eigenvalue weighted by Crippen LogP contribution is 2.20. The molecule has 1 aliphatic rings. The molecule has 4 heteroatoms. The van der Waals surface area contributed by atoms with Crippen LogP contribution in [0.15, 0.2) is 59.2 Å². The number of rotatable bonds is 5. The molecule has 0 spiro atoms. The molecule has 24 heavy (non-hydrogen) atoms. The summed E-state index contributed by atoms with van der Waals surface area (Å²) in [6.45, 7) is 2.06. The molecule has 0 aliphatic carbocycles. The van der Waals surface area contributed by atoms with Crippen molar-refractivity contribution in [2.45, 2.75) is 19.8 Å². The first kappa shape index (κ1) is 16.0. The average molecular weight is 321 g/mol. The molecule has 0 radical (unpaired) electrons. The van der Waals surface area contributed by atoms with Crippen LogP contribution in [0, 0.1) is 6.92 Å². The first-order valence-corrected chi connectivity index (χ1v) is 7.85. The lowest BCUT2D eigenvalue weighted by Gasteiger charge is -2.01. The summed E-state index contributed by atoms with van der Waals surface area (Å²) in [6.07, 6.45) is 3.11. The Bertz CT molecular complexity index is 821. The van der Waals surface area contributed by atoms with Gasteiger partial charge in [0.2, 0.25) is 0 Å². The van der Waals surface area contributed by atoms with E-state index in [0.29, 0.717) is 18.0 Å². The van der Waals surface area contributed by atoms with Crippen LogP contribution < -0.4 is 4.74 Å². The largest absolute Gasteiger partial charge is 0.497 e. The number of esters is 1. The van der Waals surface area contributed by atoms with Gasteiger partial charge >= 0.3 is 5.97 Å². The standard InChI is InChI=1S/C20H19NO3/c1-14-5-3-6-15(11-14)9-10-19-21-18(20(22)24-19)13-16-7-4-8-17(12-16)23-2/h3-8,11-13H,9-10H2,1-2H3/b18-13+. The molecule has 3 rings (SSSR count). The molecule has 0 bridgehead atoms. The summed E-state index contributed by atoms with van der Waals surface area (Å²) >= 11 is 0. The Morgan fingerprint density at radius 3 is 2.75 bits per heavy atom. The van der Waals surface area contributed by atoms with Gasteiger partial charge in [0.1, 0.15) is 5.75 Å². The molecule has 0 amide bonds. The van der Waals surface area contributed by atoms with Gasteiger partial charge in [-0.3, -0.25) is 0 Å². The van der Waals surface area contributed by atoms with E-state index in [1.54, 1.807) is 13.2 Å². The molecule has 0 atom stereocenters. The van der Waals surface area contributed by atoms with Gasteiger partial charge in [0, 0.05) is 6.42 Å². The molecule has 4 nitrogen and oxygen atoms in total. The minimum absolute atomic E-state index is 0.322. The number of carbonyl (C=O) groups is 1. The van der Waals surface area contributed by atoms with Gasteiger partial charge in [-0.25, -0.2) is 9.79 Å². The lowest BCUT2D eigenvalue weighted by Crippen LogP contribution is -2.05. The number of carbonyl (C=O) groups excluding carboxylic acids is 1. The zero-order valence-corrected chi connectivity index (χ0v) is 13.8. The first-order chi connectivity index (χ1) is 11.6. The highest BCUT2D eigenvalue weighted by atomic mass is 16.6. The molecular formula is C20H19NO3. The van der Waals surface area contributed by atoms with Crippen LogP contribution in [0.2, 0.25) is 0 Å². The summed E-state index contributed by atoms with van der Waals surface area (Å²) < 4.78 is 10.4. The van der Waals surface area contributed by atoms with Crippen molar-refractivity contribution in [2.24, 2.45) is 4.99 Å². The lowest BCUT2D eigenvalue weighted by molar-refractivity contribution is -0.130. The first-order valence-electron chi connectivity index (χ1n) is 7.85. The van der Waals surface area contributed by atoms with Crippen molar-refractivity contribution in [3.8, 4) is 5.75 Å². The maximum absolute atomic E-state index is 12.0. The fourth-order valence-corrected chi connectivity index (χ4v) is 2.57. The molecule has 122 valence electrons. The van der Waals surface area contributed by atoms with E-state index in [9.17, 15) is 4.79 Å². The summed E-state index contributed by atoms with van der Waals surface area (Å²) in [5.74, 6) is 0.798. The van der Waals surface area contributed by atoms with E-state index in [4.69, 9.17) is 9.47 Å². The average Bonchev–Trinajstić information content (AvgIpc) is 2.93. The highest BCUT2D eigenvalue weighted by Gasteiger charge is 2.22. The van der Waals surface area contributed by atoms with Crippen molar-refractivity contribution in [1.29, 1.82) is 0 Å². The van der Waals surface area contributed by atoms with E-state index >= 15 is 0 Å². The fraction of sp³-hybridized carbons (Fsp3) is 0.200. The Balaban J connectivity index is 1.71. The van der Waals surface area contributed by atoms with Crippen LogP contribution in [0.4, 0.5) is 0 Å². The van der Waals surface area contributed by atoms with Crippen LogP contribution in [0.25, 0.3) is 6.08 Å². The number of aryl methyl sites for hydroxylation is 2. The van der Waals surface area contributed by atoms with E-state index in [0.717, 1.165) is 17.7 Å². The van der Waals surface area contributed by atoms with Gasteiger partial charge in [-0.05, 0) is 42.7 Å². The van der Waals surface area contributed by atoms with Crippen LogP contribution in [0.1, 0.15) is 23.1 Å². The molecule has 2 aromatic carbocycles. The minimum Gasteiger partial charge on any atom is -0.497 e. The number of benzene rings is 2. The molecule has 0 N–H and O–H groups in total. The number of aliphatic imine (C=N–C) groups is 1. The number of ether oxygens (including phenoxy) is 2. The maximum Gasteiger partial charge on any atom is 0.363 e. The fourth-order valence-electron chi connectivity index (χ4n) is 2.57. The second-order valence-electron chi connectivity index (χ2n) is 5.69. The molecule has 0 unspecified atom stereocenters. The normalized spacial score (nSPS) is 15.3. The van der Waals surface area contributed by atoms with Gasteiger partial charge < -0.3 is 9.47 Å². The van der Waals surface area contributed by atoms with Gasteiger partial charge in [0.25, 0.3) is 0 Å². The number of methoxy groups -OCH3 is 1. The van der Waals surface area contributed by atoms with Gasteiger partial charge in [0.15, 0.2) is 11.6 Å². The SMILES string of the molecule is COc1cccc(/C=C2/N=C(CCc3cccc(C)c3)OC2=O)c1. The van der Waals surface area contributed by atoms with Gasteiger partial charge in [0.05, 0.1) is 7.11 Å². The van der Waals surface area contributed by atoms with Crippen molar-refractivity contribution < 1.29 is 14.3 Å². The molecule has 0 fully saturated rings. The third-order valence-electron chi connectivity index (χ3n) is 3.77. The number of cyclic esters (lactones) is 1. The van der Waals surface area contributed by atoms with E-state index in [1.807, 2.05) is 30.3 Å². The quantitative estimate of drug-likeness (QED) is 0.619. The summed E-state index contributed by atoms with van der Waals surface area (Å²) in [7, 11) is 1.61. The Morgan fingerprint density at radius 1 is 1.12 bits per heavy atom. The van der Waals surface area contributed by atoms with Crippen LogP contribution in [0.3, 0.4) is 0 Å². The number of nitrogens with zero attached hydrogens (tertiary/aromatic N) is 1. The maximum atomic E-state index is 12.0. The zero-order valence-electron chi connectivity index (χ0n) is 13.8. The molecule has 0 aromatic heterocycles. The highest BCUT2D eigenvalue weighted by molar-refractivity contribution is 6.07. The van der Waals surface area contributed by atoms with E-state index in [-0.39, 0.29) is 0 Å². The molecule has 1 heterocycles. The van der Waals surface area contributed by atoms with Crippen molar-refractivity contribution in [1.82, 2.24) is 0 Å². The second-order valence-corrected chi connectivity index (χ2v) is 5.69. The Morgan fingerprint density at radius 2 is 1.96 bits per heavy atom. The predicted molar refractivity (Wildman–Crippen MR) is 94.0 cm³/mol. The Labute approximate surface area is 141 Å². The third kappa shape index (κ3) is 3.90. The second kappa shape index (κ2) is 7.13. The molecular weight excluding hydrogens is 302 g/mol. The van der Waals surface area contributed by atoms with Gasteiger partial charge in [-0.1, -0.05) is 42.0 Å². The summed E-state index contributed by atoms with van der Waals surface area (Å²) in [5.41, 5.74) is 3.60. The molecule has 2 aromatic rings. The van der Waals surface area contributed by atoms with Gasteiger partial charge in [-0.15, -0.1) is 0 Å². The topological polar surface area (TPSA) is 47.9 Å². The zero-order chi connectivity index (χ0) is 16.9. The van der Waals surface area contributed by atoms with Crippen molar-refractivity contribution >= 4 is 17.9 Å². The van der Waals surface area contributed by atoms with Gasteiger partial charge in [-0.2, -0.15) is 0 Å².